The van der Waals surface area contributed by atoms with E-state index < -0.39 is 0 Å². The quantitative estimate of drug-likeness (QED) is 0.370. The van der Waals surface area contributed by atoms with Crippen LogP contribution in [0, 0.1) is 5.41 Å². The minimum absolute atomic E-state index is 0.418. The van der Waals surface area contributed by atoms with Gasteiger partial charge in [0.1, 0.15) is 13.2 Å². The Balaban J connectivity index is 3.09. The Bertz CT molecular complexity index is 432. The molecule has 0 saturated carbocycles. The second-order valence-electron chi connectivity index (χ2n) is 6.24. The van der Waals surface area contributed by atoms with Gasteiger partial charge in [0.15, 0.2) is 0 Å². The van der Waals surface area contributed by atoms with E-state index in [1.54, 1.807) is 0 Å². The van der Waals surface area contributed by atoms with E-state index in [1.165, 1.54) is 37.5 Å². The SMILES string of the molecule is C=C(CC)/C(C(C)=C=O)=C(\C)CC1(CC)CC[B]CC1. The van der Waals surface area contributed by atoms with Crippen LogP contribution in [-0.4, -0.2) is 13.2 Å². The predicted molar refractivity (Wildman–Crippen MR) is 89.0 cm³/mol. The van der Waals surface area contributed by atoms with Gasteiger partial charge in [0.2, 0.25) is 0 Å². The lowest BCUT2D eigenvalue weighted by molar-refractivity contribution is 0.238. The molecule has 0 aromatic rings. The van der Waals surface area contributed by atoms with E-state index in [4.69, 9.17) is 0 Å². The molecule has 1 aliphatic heterocycles. The highest BCUT2D eigenvalue weighted by molar-refractivity contribution is 6.35. The van der Waals surface area contributed by atoms with Crippen molar-refractivity contribution in [3.63, 3.8) is 0 Å². The van der Waals surface area contributed by atoms with Crippen LogP contribution in [0.2, 0.25) is 12.6 Å². The molecule has 0 spiro atoms. The Hall–Kier alpha value is -1.01. The van der Waals surface area contributed by atoms with Crippen LogP contribution < -0.4 is 0 Å². The van der Waals surface area contributed by atoms with E-state index in [-0.39, 0.29) is 0 Å². The Labute approximate surface area is 125 Å². The smallest absolute Gasteiger partial charge is 0.128 e. The lowest BCUT2D eigenvalue weighted by Crippen LogP contribution is -2.25. The summed E-state index contributed by atoms with van der Waals surface area (Å²) in [5.74, 6) is 2.07. The third-order valence-corrected chi connectivity index (χ3v) is 4.88. The normalized spacial score (nSPS) is 18.6. The molecule has 1 nitrogen and oxygen atoms in total. The van der Waals surface area contributed by atoms with Crippen LogP contribution in [0.5, 0.6) is 0 Å². The van der Waals surface area contributed by atoms with Crippen molar-refractivity contribution in [3.05, 3.63) is 28.9 Å². The number of hydrogen-bond donors (Lipinski definition) is 0. The van der Waals surface area contributed by atoms with Gasteiger partial charge in [-0.3, -0.25) is 0 Å². The lowest BCUT2D eigenvalue weighted by Gasteiger charge is -2.37. The van der Waals surface area contributed by atoms with Gasteiger partial charge in [-0.25, -0.2) is 4.79 Å². The molecule has 1 aliphatic rings. The van der Waals surface area contributed by atoms with Gasteiger partial charge in [0.25, 0.3) is 0 Å². The molecular weight excluding hydrogens is 243 g/mol. The Morgan fingerprint density at radius 1 is 1.25 bits per heavy atom. The minimum atomic E-state index is 0.418. The first kappa shape index (κ1) is 17.0. The zero-order valence-electron chi connectivity index (χ0n) is 13.6. The fourth-order valence-corrected chi connectivity index (χ4v) is 3.51. The van der Waals surface area contributed by atoms with Crippen molar-refractivity contribution in [2.24, 2.45) is 5.41 Å². The first-order chi connectivity index (χ1) is 9.49. The van der Waals surface area contributed by atoms with E-state index in [0.29, 0.717) is 11.0 Å². The monoisotopic (exact) mass is 271 g/mol. The second-order valence-corrected chi connectivity index (χ2v) is 6.24. The Kier molecular flexibility index (Phi) is 6.56. The predicted octanol–water partition coefficient (Wildman–Crippen LogP) is 5.17. The van der Waals surface area contributed by atoms with E-state index in [0.717, 1.165) is 24.0 Å². The summed E-state index contributed by atoms with van der Waals surface area (Å²) < 4.78 is 0. The minimum Gasteiger partial charge on any atom is -0.233 e. The zero-order chi connectivity index (χ0) is 15.2. The molecule has 1 saturated heterocycles. The van der Waals surface area contributed by atoms with Crippen LogP contribution in [0.1, 0.15) is 59.8 Å². The molecule has 1 heterocycles. The molecule has 0 bridgehead atoms. The summed E-state index contributed by atoms with van der Waals surface area (Å²) in [7, 11) is 2.41. The third kappa shape index (κ3) is 3.99. The fraction of sp³-hybridized carbons (Fsp3) is 0.667. The summed E-state index contributed by atoms with van der Waals surface area (Å²) in [5.41, 5.74) is 4.59. The summed E-state index contributed by atoms with van der Waals surface area (Å²) in [4.78, 5) is 11.1. The average Bonchev–Trinajstić information content (AvgIpc) is 2.47. The Morgan fingerprint density at radius 3 is 2.30 bits per heavy atom. The maximum atomic E-state index is 11.1. The molecule has 1 fully saturated rings. The van der Waals surface area contributed by atoms with Gasteiger partial charge in [0.05, 0.1) is 0 Å². The van der Waals surface area contributed by atoms with Crippen LogP contribution in [0.4, 0.5) is 0 Å². The molecule has 109 valence electrons. The summed E-state index contributed by atoms with van der Waals surface area (Å²) in [5, 5.41) is 0. The van der Waals surface area contributed by atoms with E-state index >= 15 is 0 Å². The highest BCUT2D eigenvalue weighted by Gasteiger charge is 2.31. The Morgan fingerprint density at radius 2 is 1.85 bits per heavy atom. The topological polar surface area (TPSA) is 17.1 Å². The van der Waals surface area contributed by atoms with Crippen LogP contribution >= 0.6 is 0 Å². The zero-order valence-corrected chi connectivity index (χ0v) is 13.6. The molecule has 1 radical (unpaired) electrons. The highest BCUT2D eigenvalue weighted by Crippen LogP contribution is 2.44. The third-order valence-electron chi connectivity index (χ3n) is 4.88. The molecule has 0 aromatic heterocycles. The lowest BCUT2D eigenvalue weighted by atomic mass is 9.54. The van der Waals surface area contributed by atoms with Crippen LogP contribution in [0.3, 0.4) is 0 Å². The van der Waals surface area contributed by atoms with Gasteiger partial charge in [-0.05, 0) is 43.3 Å². The summed E-state index contributed by atoms with van der Waals surface area (Å²) >= 11 is 0. The van der Waals surface area contributed by atoms with Crippen molar-refractivity contribution in [2.45, 2.75) is 72.4 Å². The van der Waals surface area contributed by atoms with Gasteiger partial charge in [-0.15, -0.1) is 0 Å². The van der Waals surface area contributed by atoms with Crippen molar-refractivity contribution in [2.75, 3.05) is 0 Å². The molecule has 0 atom stereocenters. The molecule has 0 unspecified atom stereocenters. The standard InChI is InChI=1S/C18H28BO/c1-6-14(3)17(16(5)13-20)15(4)12-18(7-2)8-10-19-11-9-18/h3,6-12H2,1-2,4-5H3/b17-15-. The van der Waals surface area contributed by atoms with Crippen molar-refractivity contribution in [3.8, 4) is 0 Å². The second kappa shape index (κ2) is 7.69. The molecule has 0 N–H and O–H groups in total. The van der Waals surface area contributed by atoms with E-state index in [1.807, 2.05) is 6.92 Å². The van der Waals surface area contributed by atoms with Crippen molar-refractivity contribution < 1.29 is 4.79 Å². The molecule has 2 heteroatoms. The van der Waals surface area contributed by atoms with Crippen LogP contribution in [-0.2, 0) is 4.79 Å². The first-order valence-corrected chi connectivity index (χ1v) is 7.91. The molecule has 1 rings (SSSR count). The maximum Gasteiger partial charge on any atom is 0.128 e. The number of rotatable bonds is 6. The van der Waals surface area contributed by atoms with Crippen molar-refractivity contribution >= 4 is 13.2 Å². The molecule has 0 aromatic carbocycles. The molecule has 0 amide bonds. The summed E-state index contributed by atoms with van der Waals surface area (Å²) in [6, 6.07) is 0. The molecule has 0 aliphatic carbocycles. The number of allylic oxidation sites excluding steroid dienone is 4. The van der Waals surface area contributed by atoms with Crippen LogP contribution in [0.15, 0.2) is 28.9 Å². The number of carbonyl (C=O) groups excluding carboxylic acids is 1. The largest absolute Gasteiger partial charge is 0.233 e. The van der Waals surface area contributed by atoms with E-state index in [2.05, 4.69) is 40.6 Å². The van der Waals surface area contributed by atoms with Gasteiger partial charge in [-0.2, -0.15) is 0 Å². The van der Waals surface area contributed by atoms with E-state index in [9.17, 15) is 4.79 Å². The summed E-state index contributed by atoms with van der Waals surface area (Å²) in [6.45, 7) is 12.6. The highest BCUT2D eigenvalue weighted by atomic mass is 16.1. The maximum absolute atomic E-state index is 11.1. The van der Waals surface area contributed by atoms with Crippen molar-refractivity contribution in [1.82, 2.24) is 0 Å². The van der Waals surface area contributed by atoms with Gasteiger partial charge in [0, 0.05) is 5.57 Å². The van der Waals surface area contributed by atoms with Crippen LogP contribution in [0.25, 0.3) is 0 Å². The first-order valence-electron chi connectivity index (χ1n) is 7.91. The molecule has 20 heavy (non-hydrogen) atoms. The average molecular weight is 271 g/mol. The van der Waals surface area contributed by atoms with Gasteiger partial charge in [-0.1, -0.05) is 57.9 Å². The van der Waals surface area contributed by atoms with Crippen molar-refractivity contribution in [1.29, 1.82) is 0 Å². The fourth-order valence-electron chi connectivity index (χ4n) is 3.51. The number of hydrogen-bond acceptors (Lipinski definition) is 1. The van der Waals surface area contributed by atoms with Gasteiger partial charge < -0.3 is 0 Å². The summed E-state index contributed by atoms with van der Waals surface area (Å²) in [6.07, 6.45) is 8.20. The van der Waals surface area contributed by atoms with Gasteiger partial charge >= 0.3 is 0 Å². The molecular formula is C18H28BO.